The van der Waals surface area contributed by atoms with Gasteiger partial charge in [-0.15, -0.1) is 0 Å². The Bertz CT molecular complexity index is 273. The van der Waals surface area contributed by atoms with Crippen LogP contribution in [0.15, 0.2) is 30.3 Å². The summed E-state index contributed by atoms with van der Waals surface area (Å²) < 4.78 is 5.33. The molecule has 0 heterocycles. The first-order valence-electron chi connectivity index (χ1n) is 4.84. The van der Waals surface area contributed by atoms with Crippen LogP contribution in [0.25, 0.3) is 0 Å². The quantitative estimate of drug-likeness (QED) is 0.650. The van der Waals surface area contributed by atoms with Gasteiger partial charge in [-0.2, -0.15) is 0 Å². The molecule has 0 aliphatic heterocycles. The van der Waals surface area contributed by atoms with Gasteiger partial charge >= 0.3 is 0 Å². The second kappa shape index (κ2) is 5.70. The number of ether oxygens (including phenoxy) is 1. The molecule has 0 aliphatic rings. The number of rotatable bonds is 5. The van der Waals surface area contributed by atoms with Crippen LogP contribution in [0.3, 0.4) is 0 Å². The summed E-state index contributed by atoms with van der Waals surface area (Å²) in [6.45, 7) is 1.10. The van der Waals surface area contributed by atoms with Gasteiger partial charge in [-0.3, -0.25) is 0 Å². The highest BCUT2D eigenvalue weighted by atomic mass is 16.5. The second-order valence-electron chi connectivity index (χ2n) is 3.38. The molecule has 0 amide bonds. The summed E-state index contributed by atoms with van der Waals surface area (Å²) in [6.07, 6.45) is -2.85. The zero-order valence-corrected chi connectivity index (χ0v) is 8.58. The molecule has 0 fully saturated rings. The summed E-state index contributed by atoms with van der Waals surface area (Å²) in [6, 6.07) is 8.86. The zero-order valence-electron chi connectivity index (χ0n) is 8.58. The van der Waals surface area contributed by atoms with Gasteiger partial charge in [-0.25, -0.2) is 0 Å². The highest BCUT2D eigenvalue weighted by Gasteiger charge is 2.24. The topological polar surface area (TPSA) is 69.9 Å². The zero-order chi connectivity index (χ0) is 11.3. The molecular weight excluding hydrogens is 196 g/mol. The van der Waals surface area contributed by atoms with Gasteiger partial charge in [0.2, 0.25) is 0 Å². The monoisotopic (exact) mass is 212 g/mol. The van der Waals surface area contributed by atoms with Gasteiger partial charge in [0.05, 0.1) is 12.7 Å². The third-order valence-electron chi connectivity index (χ3n) is 2.09. The van der Waals surface area contributed by atoms with Gasteiger partial charge in [-0.05, 0) is 19.1 Å². The van der Waals surface area contributed by atoms with E-state index in [1.165, 1.54) is 6.92 Å². The number of benzene rings is 1. The molecule has 1 aromatic rings. The Morgan fingerprint density at radius 1 is 1.20 bits per heavy atom. The van der Waals surface area contributed by atoms with Crippen LogP contribution >= 0.6 is 0 Å². The van der Waals surface area contributed by atoms with Crippen LogP contribution in [0, 0.1) is 0 Å². The van der Waals surface area contributed by atoms with E-state index in [2.05, 4.69) is 0 Å². The van der Waals surface area contributed by atoms with E-state index < -0.39 is 18.3 Å². The fraction of sp³-hybridized carbons (Fsp3) is 0.455. The SMILES string of the molecule is CC(O)C(O)C(CO)Oc1ccccc1. The van der Waals surface area contributed by atoms with E-state index in [1.807, 2.05) is 6.07 Å². The average Bonchev–Trinajstić information content (AvgIpc) is 2.26. The second-order valence-corrected chi connectivity index (χ2v) is 3.38. The first-order chi connectivity index (χ1) is 7.15. The fourth-order valence-corrected chi connectivity index (χ4v) is 1.20. The summed E-state index contributed by atoms with van der Waals surface area (Å²) in [5.41, 5.74) is 0. The Morgan fingerprint density at radius 3 is 2.27 bits per heavy atom. The van der Waals surface area contributed by atoms with Gasteiger partial charge < -0.3 is 20.1 Å². The third kappa shape index (κ3) is 3.51. The molecule has 0 radical (unpaired) electrons. The van der Waals surface area contributed by atoms with Crippen molar-refractivity contribution in [3.05, 3.63) is 30.3 Å². The first kappa shape index (κ1) is 12.0. The van der Waals surface area contributed by atoms with Gasteiger partial charge in [-0.1, -0.05) is 18.2 Å². The standard InChI is InChI=1S/C11H16O4/c1-8(13)11(14)10(7-12)15-9-5-3-2-4-6-9/h2-6,8,10-14H,7H2,1H3. The van der Waals surface area contributed by atoms with E-state index in [-0.39, 0.29) is 6.61 Å². The van der Waals surface area contributed by atoms with Crippen LogP contribution in [0.1, 0.15) is 6.92 Å². The summed E-state index contributed by atoms with van der Waals surface area (Å²) in [7, 11) is 0. The number of aliphatic hydroxyl groups excluding tert-OH is 3. The molecule has 3 atom stereocenters. The minimum absolute atomic E-state index is 0.346. The first-order valence-corrected chi connectivity index (χ1v) is 4.84. The highest BCUT2D eigenvalue weighted by Crippen LogP contribution is 2.13. The predicted octanol–water partition coefficient (Wildman–Crippen LogP) is 0.168. The Morgan fingerprint density at radius 2 is 1.80 bits per heavy atom. The molecule has 0 spiro atoms. The molecule has 1 rings (SSSR count). The molecule has 0 saturated heterocycles. The van der Waals surface area contributed by atoms with E-state index in [4.69, 9.17) is 14.9 Å². The molecule has 4 heteroatoms. The summed E-state index contributed by atoms with van der Waals surface area (Å²) in [4.78, 5) is 0. The number of hydrogen-bond donors (Lipinski definition) is 3. The van der Waals surface area contributed by atoms with Crippen molar-refractivity contribution in [3.8, 4) is 5.75 Å². The van der Waals surface area contributed by atoms with Gasteiger partial charge in [0, 0.05) is 0 Å². The van der Waals surface area contributed by atoms with E-state index in [0.29, 0.717) is 5.75 Å². The molecule has 15 heavy (non-hydrogen) atoms. The van der Waals surface area contributed by atoms with Crippen LogP contribution in [0.2, 0.25) is 0 Å². The lowest BCUT2D eigenvalue weighted by Crippen LogP contribution is -2.41. The predicted molar refractivity (Wildman–Crippen MR) is 55.6 cm³/mol. The number of para-hydroxylation sites is 1. The van der Waals surface area contributed by atoms with Crippen molar-refractivity contribution in [1.29, 1.82) is 0 Å². The Hall–Kier alpha value is -1.10. The molecule has 3 N–H and O–H groups in total. The highest BCUT2D eigenvalue weighted by molar-refractivity contribution is 5.21. The van der Waals surface area contributed by atoms with E-state index in [1.54, 1.807) is 24.3 Å². The van der Waals surface area contributed by atoms with E-state index in [0.717, 1.165) is 0 Å². The minimum Gasteiger partial charge on any atom is -0.485 e. The summed E-state index contributed by atoms with van der Waals surface area (Å²) >= 11 is 0. The lowest BCUT2D eigenvalue weighted by atomic mass is 10.1. The van der Waals surface area contributed by atoms with Crippen LogP contribution in [0.5, 0.6) is 5.75 Å². The maximum absolute atomic E-state index is 9.51. The largest absolute Gasteiger partial charge is 0.485 e. The van der Waals surface area contributed by atoms with Crippen molar-refractivity contribution in [2.75, 3.05) is 6.61 Å². The molecule has 0 aromatic heterocycles. The van der Waals surface area contributed by atoms with Crippen molar-refractivity contribution in [2.45, 2.75) is 25.2 Å². The molecule has 84 valence electrons. The smallest absolute Gasteiger partial charge is 0.150 e. The Labute approximate surface area is 88.8 Å². The summed E-state index contributed by atoms with van der Waals surface area (Å²) in [5.74, 6) is 0.552. The number of aliphatic hydroxyl groups is 3. The maximum atomic E-state index is 9.51. The Kier molecular flexibility index (Phi) is 4.55. The Balaban J connectivity index is 2.62. The van der Waals surface area contributed by atoms with E-state index in [9.17, 15) is 5.11 Å². The maximum Gasteiger partial charge on any atom is 0.150 e. The van der Waals surface area contributed by atoms with Crippen LogP contribution in [0.4, 0.5) is 0 Å². The van der Waals surface area contributed by atoms with Crippen molar-refractivity contribution in [2.24, 2.45) is 0 Å². The molecule has 0 aliphatic carbocycles. The van der Waals surface area contributed by atoms with Gasteiger partial charge in [0.25, 0.3) is 0 Å². The lowest BCUT2D eigenvalue weighted by Gasteiger charge is -2.24. The van der Waals surface area contributed by atoms with Crippen LogP contribution < -0.4 is 4.74 Å². The normalized spacial score (nSPS) is 16.8. The van der Waals surface area contributed by atoms with Gasteiger partial charge in [0.1, 0.15) is 18.0 Å². The molecule has 0 bridgehead atoms. The molecular formula is C11H16O4. The minimum atomic E-state index is -1.10. The molecule has 3 unspecified atom stereocenters. The molecule has 0 saturated carbocycles. The average molecular weight is 212 g/mol. The third-order valence-corrected chi connectivity index (χ3v) is 2.09. The van der Waals surface area contributed by atoms with Crippen LogP contribution in [-0.4, -0.2) is 40.2 Å². The lowest BCUT2D eigenvalue weighted by molar-refractivity contribution is -0.0588. The fourth-order valence-electron chi connectivity index (χ4n) is 1.20. The molecule has 4 nitrogen and oxygen atoms in total. The van der Waals surface area contributed by atoms with Crippen molar-refractivity contribution in [3.63, 3.8) is 0 Å². The van der Waals surface area contributed by atoms with E-state index >= 15 is 0 Å². The van der Waals surface area contributed by atoms with Crippen molar-refractivity contribution < 1.29 is 20.1 Å². The van der Waals surface area contributed by atoms with Gasteiger partial charge in [0.15, 0.2) is 0 Å². The van der Waals surface area contributed by atoms with Crippen molar-refractivity contribution >= 4 is 0 Å². The summed E-state index contributed by atoms with van der Waals surface area (Å²) in [5, 5.41) is 27.7. The number of hydrogen-bond acceptors (Lipinski definition) is 4. The van der Waals surface area contributed by atoms with Crippen LogP contribution in [-0.2, 0) is 0 Å². The van der Waals surface area contributed by atoms with Crippen molar-refractivity contribution in [1.82, 2.24) is 0 Å². The molecule has 1 aromatic carbocycles.